The lowest BCUT2D eigenvalue weighted by molar-refractivity contribution is -0.384. The number of aliphatic carboxylic acids is 1. The standard InChI is InChI=1S/C15H13N3O4S/c19-14(20)9-10-1-3-11(4-2-10)16-15(23)17-12-5-7-13(8-6-12)18(21)22/h1-8H,9H2,(H,19,20)(H2,16,17,23)/p-1. The summed E-state index contributed by atoms with van der Waals surface area (Å²) in [5.74, 6) is -1.14. The number of carboxylic acids is 1. The summed E-state index contributed by atoms with van der Waals surface area (Å²) in [7, 11) is 0. The van der Waals surface area contributed by atoms with Crippen molar-refractivity contribution in [3.8, 4) is 0 Å². The van der Waals surface area contributed by atoms with E-state index in [2.05, 4.69) is 10.6 Å². The van der Waals surface area contributed by atoms with Gasteiger partial charge in [0, 0.05) is 35.9 Å². The zero-order valence-corrected chi connectivity index (χ0v) is 12.6. The van der Waals surface area contributed by atoms with E-state index in [1.165, 1.54) is 12.1 Å². The summed E-state index contributed by atoms with van der Waals surface area (Å²) < 4.78 is 0. The fourth-order valence-corrected chi connectivity index (χ4v) is 2.07. The molecule has 0 aromatic heterocycles. The highest BCUT2D eigenvalue weighted by atomic mass is 32.1. The van der Waals surface area contributed by atoms with Crippen molar-refractivity contribution in [2.45, 2.75) is 6.42 Å². The van der Waals surface area contributed by atoms with Crippen molar-refractivity contribution in [2.24, 2.45) is 0 Å². The number of nitrogens with one attached hydrogen (secondary N) is 2. The minimum Gasteiger partial charge on any atom is -0.550 e. The summed E-state index contributed by atoms with van der Waals surface area (Å²) in [6.07, 6.45) is -0.147. The zero-order valence-electron chi connectivity index (χ0n) is 11.8. The van der Waals surface area contributed by atoms with E-state index in [9.17, 15) is 20.0 Å². The molecule has 2 rings (SSSR count). The largest absolute Gasteiger partial charge is 0.550 e. The average molecular weight is 330 g/mol. The van der Waals surface area contributed by atoms with Crippen molar-refractivity contribution in [2.75, 3.05) is 10.6 Å². The Morgan fingerprint density at radius 3 is 1.91 bits per heavy atom. The topological polar surface area (TPSA) is 107 Å². The minimum absolute atomic E-state index is 0.00191. The molecule has 0 aliphatic carbocycles. The summed E-state index contributed by atoms with van der Waals surface area (Å²) in [6, 6.07) is 12.6. The van der Waals surface area contributed by atoms with Gasteiger partial charge in [0.15, 0.2) is 5.11 Å². The Morgan fingerprint density at radius 1 is 1.00 bits per heavy atom. The molecule has 8 heteroatoms. The number of benzene rings is 2. The molecule has 2 aromatic rings. The Morgan fingerprint density at radius 2 is 1.48 bits per heavy atom. The highest BCUT2D eigenvalue weighted by Gasteiger charge is 2.05. The van der Waals surface area contributed by atoms with Gasteiger partial charge in [0.25, 0.3) is 5.69 Å². The fourth-order valence-electron chi connectivity index (χ4n) is 1.83. The van der Waals surface area contributed by atoms with E-state index in [1.807, 2.05) is 0 Å². The molecule has 0 unspecified atom stereocenters. The molecule has 0 fully saturated rings. The highest BCUT2D eigenvalue weighted by molar-refractivity contribution is 7.80. The third kappa shape index (κ3) is 5.04. The van der Waals surface area contributed by atoms with E-state index < -0.39 is 10.9 Å². The van der Waals surface area contributed by atoms with Gasteiger partial charge < -0.3 is 20.5 Å². The number of rotatable bonds is 5. The zero-order chi connectivity index (χ0) is 16.8. The first-order chi connectivity index (χ1) is 10.9. The summed E-state index contributed by atoms with van der Waals surface area (Å²) in [5, 5.41) is 27.2. The van der Waals surface area contributed by atoms with E-state index in [0.29, 0.717) is 22.1 Å². The van der Waals surface area contributed by atoms with E-state index in [0.717, 1.165) is 0 Å². The molecule has 0 heterocycles. The Labute approximate surface area is 137 Å². The third-order valence-electron chi connectivity index (χ3n) is 2.90. The van der Waals surface area contributed by atoms with E-state index in [-0.39, 0.29) is 12.1 Å². The normalized spacial score (nSPS) is 9.91. The van der Waals surface area contributed by atoms with Gasteiger partial charge in [0.1, 0.15) is 0 Å². The first-order valence-electron chi connectivity index (χ1n) is 6.55. The van der Waals surface area contributed by atoms with Crippen LogP contribution in [0.25, 0.3) is 0 Å². The number of carboxylic acid groups (broad SMARTS) is 1. The van der Waals surface area contributed by atoms with Gasteiger partial charge in [-0.05, 0) is 42.0 Å². The maximum Gasteiger partial charge on any atom is 0.269 e. The molecule has 0 spiro atoms. The number of carbonyl (C=O) groups excluding carboxylic acids is 1. The minimum atomic E-state index is -1.14. The molecule has 2 N–H and O–H groups in total. The van der Waals surface area contributed by atoms with Crippen molar-refractivity contribution < 1.29 is 14.8 Å². The number of nitro benzene ring substituents is 1. The van der Waals surface area contributed by atoms with Gasteiger partial charge in [0.05, 0.1) is 4.92 Å². The Hall–Kier alpha value is -3.00. The van der Waals surface area contributed by atoms with Crippen LogP contribution in [-0.2, 0) is 11.2 Å². The van der Waals surface area contributed by atoms with Crippen molar-refractivity contribution in [3.05, 3.63) is 64.2 Å². The molecule has 0 bridgehead atoms. The maximum absolute atomic E-state index is 10.6. The van der Waals surface area contributed by atoms with Crippen LogP contribution < -0.4 is 15.7 Å². The first-order valence-corrected chi connectivity index (χ1v) is 6.96. The molecule has 118 valence electrons. The smallest absolute Gasteiger partial charge is 0.269 e. The number of hydrogen-bond acceptors (Lipinski definition) is 5. The van der Waals surface area contributed by atoms with Crippen LogP contribution in [0.5, 0.6) is 0 Å². The van der Waals surface area contributed by atoms with Crippen LogP contribution >= 0.6 is 12.2 Å². The SMILES string of the molecule is O=C([O-])Cc1ccc(NC(=S)Nc2ccc([N+](=O)[O-])cc2)cc1. The molecule has 7 nitrogen and oxygen atoms in total. The first kappa shape index (κ1) is 16.4. The van der Waals surface area contributed by atoms with Crippen LogP contribution in [0, 0.1) is 10.1 Å². The van der Waals surface area contributed by atoms with E-state index in [1.54, 1.807) is 36.4 Å². The predicted octanol–water partition coefficient (Wildman–Crippen LogP) is 1.70. The molecule has 0 saturated heterocycles. The fraction of sp³-hybridized carbons (Fsp3) is 0.0667. The van der Waals surface area contributed by atoms with Crippen LogP contribution in [0.15, 0.2) is 48.5 Å². The van der Waals surface area contributed by atoms with Gasteiger partial charge in [-0.2, -0.15) is 0 Å². The van der Waals surface area contributed by atoms with Gasteiger partial charge in [-0.3, -0.25) is 10.1 Å². The van der Waals surface area contributed by atoms with E-state index >= 15 is 0 Å². The summed E-state index contributed by atoms with van der Waals surface area (Å²) in [5.41, 5.74) is 1.93. The third-order valence-corrected chi connectivity index (χ3v) is 3.10. The Bertz CT molecular complexity index is 729. The molecule has 0 saturated carbocycles. The van der Waals surface area contributed by atoms with Gasteiger partial charge in [-0.15, -0.1) is 0 Å². The summed E-state index contributed by atoms with van der Waals surface area (Å²) in [6.45, 7) is 0. The Balaban J connectivity index is 1.93. The van der Waals surface area contributed by atoms with Gasteiger partial charge in [-0.25, -0.2) is 0 Å². The van der Waals surface area contributed by atoms with Crippen LogP contribution in [-0.4, -0.2) is 16.0 Å². The second kappa shape index (κ2) is 7.32. The van der Waals surface area contributed by atoms with Gasteiger partial charge >= 0.3 is 0 Å². The summed E-state index contributed by atoms with van der Waals surface area (Å²) in [4.78, 5) is 20.6. The number of hydrogen-bond donors (Lipinski definition) is 2. The number of thiocarbonyl (C=S) groups is 1. The molecule has 0 radical (unpaired) electrons. The average Bonchev–Trinajstić information content (AvgIpc) is 2.49. The molecule has 0 aliphatic rings. The second-order valence-electron chi connectivity index (χ2n) is 4.63. The quantitative estimate of drug-likeness (QED) is 0.488. The highest BCUT2D eigenvalue weighted by Crippen LogP contribution is 2.16. The predicted molar refractivity (Wildman–Crippen MR) is 88.1 cm³/mol. The van der Waals surface area contributed by atoms with Crippen LogP contribution in [0.2, 0.25) is 0 Å². The molecule has 0 amide bonds. The molecular formula is C15H12N3O4S-. The van der Waals surface area contributed by atoms with Crippen molar-refractivity contribution in [1.29, 1.82) is 0 Å². The maximum atomic E-state index is 10.6. The molecular weight excluding hydrogens is 318 g/mol. The van der Waals surface area contributed by atoms with Crippen molar-refractivity contribution >= 4 is 40.4 Å². The monoisotopic (exact) mass is 330 g/mol. The van der Waals surface area contributed by atoms with Gasteiger partial charge in [-0.1, -0.05) is 12.1 Å². The lowest BCUT2D eigenvalue weighted by Crippen LogP contribution is -2.24. The number of carbonyl (C=O) groups is 1. The molecule has 2 aromatic carbocycles. The Kier molecular flexibility index (Phi) is 5.21. The summed E-state index contributed by atoms with van der Waals surface area (Å²) >= 11 is 5.15. The molecule has 0 aliphatic heterocycles. The van der Waals surface area contributed by atoms with Crippen LogP contribution in [0.3, 0.4) is 0 Å². The second-order valence-corrected chi connectivity index (χ2v) is 5.04. The molecule has 0 atom stereocenters. The molecule has 23 heavy (non-hydrogen) atoms. The number of anilines is 2. The lowest BCUT2D eigenvalue weighted by atomic mass is 10.1. The lowest BCUT2D eigenvalue weighted by Gasteiger charge is -2.11. The number of nitrogens with zero attached hydrogens (tertiary/aromatic N) is 1. The van der Waals surface area contributed by atoms with Crippen molar-refractivity contribution in [1.82, 2.24) is 0 Å². The van der Waals surface area contributed by atoms with E-state index in [4.69, 9.17) is 12.2 Å². The number of nitro groups is 1. The van der Waals surface area contributed by atoms with Gasteiger partial charge in [0.2, 0.25) is 0 Å². The number of non-ortho nitro benzene ring substituents is 1. The van der Waals surface area contributed by atoms with Crippen LogP contribution in [0.1, 0.15) is 5.56 Å². The van der Waals surface area contributed by atoms with Crippen LogP contribution in [0.4, 0.5) is 17.1 Å². The van der Waals surface area contributed by atoms with Crippen molar-refractivity contribution in [3.63, 3.8) is 0 Å².